The number of pyridine rings is 1. The highest BCUT2D eigenvalue weighted by atomic mass is 16.1. The molecule has 0 aliphatic heterocycles. The molecular weight excluding hydrogens is 188 g/mol. The molecule has 3 nitrogen and oxygen atoms in total. The maximum absolute atomic E-state index is 11.6. The van der Waals surface area contributed by atoms with Gasteiger partial charge in [-0.1, -0.05) is 18.9 Å². The van der Waals surface area contributed by atoms with Gasteiger partial charge in [-0.3, -0.25) is 4.79 Å². The first-order valence-electron chi connectivity index (χ1n) is 5.69. The summed E-state index contributed by atoms with van der Waals surface area (Å²) < 4.78 is 1.82. The Hall–Kier alpha value is -1.09. The van der Waals surface area contributed by atoms with Gasteiger partial charge in [-0.05, 0) is 24.3 Å². The van der Waals surface area contributed by atoms with E-state index in [-0.39, 0.29) is 5.56 Å². The van der Waals surface area contributed by atoms with E-state index in [0.29, 0.717) is 12.5 Å². The highest BCUT2D eigenvalue weighted by Crippen LogP contribution is 2.25. The zero-order chi connectivity index (χ0) is 10.7. The van der Waals surface area contributed by atoms with E-state index in [2.05, 4.69) is 0 Å². The summed E-state index contributed by atoms with van der Waals surface area (Å²) >= 11 is 0. The molecule has 1 saturated carbocycles. The van der Waals surface area contributed by atoms with E-state index in [1.165, 1.54) is 25.7 Å². The van der Waals surface area contributed by atoms with Gasteiger partial charge < -0.3 is 10.3 Å². The average Bonchev–Trinajstić information content (AvgIpc) is 2.74. The van der Waals surface area contributed by atoms with E-state index in [4.69, 9.17) is 5.73 Å². The van der Waals surface area contributed by atoms with Gasteiger partial charge >= 0.3 is 0 Å². The Labute approximate surface area is 89.9 Å². The van der Waals surface area contributed by atoms with E-state index < -0.39 is 0 Å². The molecule has 0 saturated heterocycles. The lowest BCUT2D eigenvalue weighted by atomic mass is 10.1. The van der Waals surface area contributed by atoms with Crippen molar-refractivity contribution in [2.75, 3.05) is 0 Å². The Kier molecular flexibility index (Phi) is 3.21. The van der Waals surface area contributed by atoms with Gasteiger partial charge in [0.15, 0.2) is 0 Å². The molecule has 0 bridgehead atoms. The molecule has 1 heterocycles. The van der Waals surface area contributed by atoms with Crippen LogP contribution in [0.1, 0.15) is 31.2 Å². The van der Waals surface area contributed by atoms with Crippen LogP contribution in [0.2, 0.25) is 0 Å². The van der Waals surface area contributed by atoms with Crippen LogP contribution < -0.4 is 11.3 Å². The van der Waals surface area contributed by atoms with Gasteiger partial charge in [-0.2, -0.15) is 0 Å². The molecule has 0 radical (unpaired) electrons. The number of nitrogens with two attached hydrogens (primary N) is 1. The van der Waals surface area contributed by atoms with Crippen LogP contribution in [0.5, 0.6) is 0 Å². The fourth-order valence-corrected chi connectivity index (χ4v) is 2.32. The van der Waals surface area contributed by atoms with Crippen LogP contribution >= 0.6 is 0 Å². The van der Waals surface area contributed by atoms with E-state index >= 15 is 0 Å². The largest absolute Gasteiger partial charge is 0.326 e. The summed E-state index contributed by atoms with van der Waals surface area (Å²) in [5.74, 6) is 0.690. The van der Waals surface area contributed by atoms with E-state index in [9.17, 15) is 4.79 Å². The van der Waals surface area contributed by atoms with Gasteiger partial charge in [0, 0.05) is 25.4 Å². The molecular formula is C12H18N2O. The van der Waals surface area contributed by atoms with Crippen molar-refractivity contribution < 1.29 is 0 Å². The third-order valence-electron chi connectivity index (χ3n) is 3.21. The van der Waals surface area contributed by atoms with Crippen LogP contribution in [-0.4, -0.2) is 4.57 Å². The second-order valence-corrected chi connectivity index (χ2v) is 4.38. The molecule has 3 heteroatoms. The predicted octanol–water partition coefficient (Wildman–Crippen LogP) is 1.50. The fourth-order valence-electron chi connectivity index (χ4n) is 2.32. The maximum atomic E-state index is 11.6. The van der Waals surface area contributed by atoms with Crippen molar-refractivity contribution in [3.63, 3.8) is 0 Å². The molecule has 1 aliphatic carbocycles. The Balaban J connectivity index is 2.15. The summed E-state index contributed by atoms with van der Waals surface area (Å²) in [6.45, 7) is 1.37. The third kappa shape index (κ3) is 2.48. The molecule has 15 heavy (non-hydrogen) atoms. The van der Waals surface area contributed by atoms with Crippen molar-refractivity contribution in [3.05, 3.63) is 34.2 Å². The molecule has 1 fully saturated rings. The monoisotopic (exact) mass is 206 g/mol. The lowest BCUT2D eigenvalue weighted by molar-refractivity contribution is 0.448. The summed E-state index contributed by atoms with van der Waals surface area (Å²) in [5.41, 5.74) is 6.69. The van der Waals surface area contributed by atoms with Crippen molar-refractivity contribution in [2.24, 2.45) is 11.7 Å². The summed E-state index contributed by atoms with van der Waals surface area (Å²) in [6, 6.07) is 3.44. The second kappa shape index (κ2) is 4.62. The minimum absolute atomic E-state index is 0.0964. The molecule has 82 valence electrons. The van der Waals surface area contributed by atoms with E-state index in [0.717, 1.165) is 12.1 Å². The SMILES string of the molecule is NCc1ccc(=O)n(CC2CCCC2)c1. The summed E-state index contributed by atoms with van der Waals surface area (Å²) in [5, 5.41) is 0. The van der Waals surface area contributed by atoms with Crippen LogP contribution in [0, 0.1) is 5.92 Å². The highest BCUT2D eigenvalue weighted by Gasteiger charge is 2.15. The van der Waals surface area contributed by atoms with Crippen LogP contribution in [0.4, 0.5) is 0 Å². The summed E-state index contributed by atoms with van der Waals surface area (Å²) in [7, 11) is 0. The van der Waals surface area contributed by atoms with Crippen LogP contribution in [-0.2, 0) is 13.1 Å². The van der Waals surface area contributed by atoms with Gasteiger partial charge in [-0.15, -0.1) is 0 Å². The standard InChI is InChI=1S/C12H18N2O/c13-7-11-5-6-12(15)14(9-11)8-10-3-1-2-4-10/h5-6,9-10H,1-4,7-8,13H2. The molecule has 0 aromatic carbocycles. The van der Waals surface area contributed by atoms with Gasteiger partial charge in [0.25, 0.3) is 5.56 Å². The molecule has 1 aliphatic rings. The first-order valence-corrected chi connectivity index (χ1v) is 5.69. The topological polar surface area (TPSA) is 48.0 Å². The maximum Gasteiger partial charge on any atom is 0.250 e. The van der Waals surface area contributed by atoms with Crippen molar-refractivity contribution in [2.45, 2.75) is 38.8 Å². The summed E-state index contributed by atoms with van der Waals surface area (Å²) in [4.78, 5) is 11.6. The number of aromatic nitrogens is 1. The molecule has 0 atom stereocenters. The zero-order valence-electron chi connectivity index (χ0n) is 8.98. The lowest BCUT2D eigenvalue weighted by Gasteiger charge is -2.12. The van der Waals surface area contributed by atoms with Gasteiger partial charge in [0.05, 0.1) is 0 Å². The molecule has 2 N–H and O–H groups in total. The first kappa shape index (κ1) is 10.4. The van der Waals surface area contributed by atoms with E-state index in [1.54, 1.807) is 6.07 Å². The summed E-state index contributed by atoms with van der Waals surface area (Å²) in [6.07, 6.45) is 7.06. The quantitative estimate of drug-likeness (QED) is 0.814. The minimum Gasteiger partial charge on any atom is -0.326 e. The first-order chi connectivity index (χ1) is 7.29. The smallest absolute Gasteiger partial charge is 0.250 e. The molecule has 0 spiro atoms. The van der Waals surface area contributed by atoms with Crippen LogP contribution in [0.15, 0.2) is 23.1 Å². The van der Waals surface area contributed by atoms with Crippen LogP contribution in [0.25, 0.3) is 0 Å². The Morgan fingerprint density at radius 2 is 2.07 bits per heavy atom. The molecule has 0 unspecified atom stereocenters. The average molecular weight is 206 g/mol. The van der Waals surface area contributed by atoms with Gasteiger partial charge in [-0.25, -0.2) is 0 Å². The number of hydrogen-bond donors (Lipinski definition) is 1. The third-order valence-corrected chi connectivity index (χ3v) is 3.21. The number of rotatable bonds is 3. The van der Waals surface area contributed by atoms with Crippen molar-refractivity contribution >= 4 is 0 Å². The Bertz CT molecular complexity index is 377. The molecule has 0 amide bonds. The van der Waals surface area contributed by atoms with E-state index in [1.807, 2.05) is 16.8 Å². The lowest BCUT2D eigenvalue weighted by Crippen LogP contribution is -2.22. The van der Waals surface area contributed by atoms with Gasteiger partial charge in [0.2, 0.25) is 0 Å². The Morgan fingerprint density at radius 1 is 1.33 bits per heavy atom. The number of nitrogens with zero attached hydrogens (tertiary/aromatic N) is 1. The van der Waals surface area contributed by atoms with Crippen molar-refractivity contribution in [1.29, 1.82) is 0 Å². The predicted molar refractivity (Wildman–Crippen MR) is 60.6 cm³/mol. The minimum atomic E-state index is 0.0964. The molecule has 1 aromatic rings. The van der Waals surface area contributed by atoms with Crippen molar-refractivity contribution in [1.82, 2.24) is 4.57 Å². The van der Waals surface area contributed by atoms with Crippen molar-refractivity contribution in [3.8, 4) is 0 Å². The fraction of sp³-hybridized carbons (Fsp3) is 0.583. The normalized spacial score (nSPS) is 17.1. The molecule has 1 aromatic heterocycles. The van der Waals surface area contributed by atoms with Crippen LogP contribution in [0.3, 0.4) is 0 Å². The van der Waals surface area contributed by atoms with Gasteiger partial charge in [0.1, 0.15) is 0 Å². The second-order valence-electron chi connectivity index (χ2n) is 4.38. The highest BCUT2D eigenvalue weighted by molar-refractivity contribution is 5.09. The number of hydrogen-bond acceptors (Lipinski definition) is 2. The molecule has 2 rings (SSSR count). The Morgan fingerprint density at radius 3 is 2.73 bits per heavy atom. The zero-order valence-corrected chi connectivity index (χ0v) is 8.98.